The molecular formula is C10H17NO. The Hall–Kier alpha value is -0.790. The molecule has 2 nitrogen and oxygen atoms in total. The van der Waals surface area contributed by atoms with Crippen molar-refractivity contribution in [2.75, 3.05) is 0 Å². The molecule has 0 unspecified atom stereocenters. The lowest BCUT2D eigenvalue weighted by atomic mass is 10.2. The standard InChI is InChI=1S/C10H17NO/c1-4-6-7-9-8(3)12-10(5-2)11-9/h4-7H2,1-3H3. The fraction of sp³-hybridized carbons (Fsp3) is 0.700. The van der Waals surface area contributed by atoms with Crippen LogP contribution in [0.3, 0.4) is 0 Å². The maximum atomic E-state index is 5.45. The molecule has 0 aliphatic carbocycles. The number of nitrogens with zero attached hydrogens (tertiary/aromatic N) is 1. The molecule has 0 bridgehead atoms. The van der Waals surface area contributed by atoms with Crippen LogP contribution in [0, 0.1) is 6.92 Å². The molecule has 12 heavy (non-hydrogen) atoms. The summed E-state index contributed by atoms with van der Waals surface area (Å²) in [7, 11) is 0. The topological polar surface area (TPSA) is 26.0 Å². The lowest BCUT2D eigenvalue weighted by Crippen LogP contribution is -1.88. The van der Waals surface area contributed by atoms with Gasteiger partial charge in [0.2, 0.25) is 0 Å². The molecule has 0 atom stereocenters. The number of aryl methyl sites for hydroxylation is 3. The smallest absolute Gasteiger partial charge is 0.194 e. The van der Waals surface area contributed by atoms with Gasteiger partial charge in [0.15, 0.2) is 5.89 Å². The van der Waals surface area contributed by atoms with Crippen LogP contribution in [0.4, 0.5) is 0 Å². The summed E-state index contributed by atoms with van der Waals surface area (Å²) in [5.41, 5.74) is 1.15. The Kier molecular flexibility index (Phi) is 3.32. The number of aromatic nitrogens is 1. The predicted octanol–water partition coefficient (Wildman–Crippen LogP) is 2.89. The van der Waals surface area contributed by atoms with E-state index in [0.717, 1.165) is 30.2 Å². The third-order valence-electron chi connectivity index (χ3n) is 2.01. The van der Waals surface area contributed by atoms with Crippen LogP contribution < -0.4 is 0 Å². The second-order valence-corrected chi connectivity index (χ2v) is 3.07. The Balaban J connectivity index is 2.64. The van der Waals surface area contributed by atoms with Crippen LogP contribution in [0.25, 0.3) is 0 Å². The van der Waals surface area contributed by atoms with Crippen LogP contribution >= 0.6 is 0 Å². The first-order valence-electron chi connectivity index (χ1n) is 4.73. The van der Waals surface area contributed by atoms with Gasteiger partial charge in [0.25, 0.3) is 0 Å². The van der Waals surface area contributed by atoms with E-state index in [1.165, 1.54) is 12.8 Å². The SMILES string of the molecule is CCCCc1nc(CC)oc1C. The molecule has 0 aliphatic rings. The van der Waals surface area contributed by atoms with E-state index in [1.54, 1.807) is 0 Å². The summed E-state index contributed by atoms with van der Waals surface area (Å²) in [6.07, 6.45) is 4.38. The Labute approximate surface area is 74.0 Å². The molecule has 0 saturated carbocycles. The molecule has 2 heteroatoms. The average molecular weight is 167 g/mol. The molecule has 1 aromatic rings. The monoisotopic (exact) mass is 167 g/mol. The first-order chi connectivity index (χ1) is 5.77. The molecule has 0 amide bonds. The molecule has 1 aromatic heterocycles. The molecule has 0 aromatic carbocycles. The normalized spacial score (nSPS) is 10.6. The van der Waals surface area contributed by atoms with E-state index in [4.69, 9.17) is 4.42 Å². The average Bonchev–Trinajstić information content (AvgIpc) is 2.43. The molecule has 0 radical (unpaired) electrons. The van der Waals surface area contributed by atoms with Crippen LogP contribution in [-0.4, -0.2) is 4.98 Å². The van der Waals surface area contributed by atoms with Crippen molar-refractivity contribution < 1.29 is 4.42 Å². The molecule has 1 rings (SSSR count). The predicted molar refractivity (Wildman–Crippen MR) is 49.2 cm³/mol. The van der Waals surface area contributed by atoms with Crippen molar-refractivity contribution in [2.45, 2.75) is 46.5 Å². The number of unbranched alkanes of at least 4 members (excludes halogenated alkanes) is 1. The van der Waals surface area contributed by atoms with Gasteiger partial charge in [0.1, 0.15) is 5.76 Å². The van der Waals surface area contributed by atoms with E-state index < -0.39 is 0 Å². The summed E-state index contributed by atoms with van der Waals surface area (Å²) >= 11 is 0. The Morgan fingerprint density at radius 3 is 2.58 bits per heavy atom. The fourth-order valence-electron chi connectivity index (χ4n) is 1.22. The van der Waals surface area contributed by atoms with Gasteiger partial charge in [-0.3, -0.25) is 0 Å². The highest BCUT2D eigenvalue weighted by Crippen LogP contribution is 2.12. The molecule has 0 aliphatic heterocycles. The highest BCUT2D eigenvalue weighted by atomic mass is 16.4. The van der Waals surface area contributed by atoms with Crippen molar-refractivity contribution in [1.29, 1.82) is 0 Å². The number of oxazole rings is 1. The lowest BCUT2D eigenvalue weighted by Gasteiger charge is -1.92. The Morgan fingerprint density at radius 2 is 2.08 bits per heavy atom. The van der Waals surface area contributed by atoms with Crippen molar-refractivity contribution in [3.05, 3.63) is 17.3 Å². The first-order valence-corrected chi connectivity index (χ1v) is 4.73. The van der Waals surface area contributed by atoms with Crippen LogP contribution in [-0.2, 0) is 12.8 Å². The second-order valence-electron chi connectivity index (χ2n) is 3.07. The van der Waals surface area contributed by atoms with Crippen molar-refractivity contribution >= 4 is 0 Å². The van der Waals surface area contributed by atoms with Gasteiger partial charge in [-0.2, -0.15) is 0 Å². The third-order valence-corrected chi connectivity index (χ3v) is 2.01. The van der Waals surface area contributed by atoms with Crippen molar-refractivity contribution in [1.82, 2.24) is 4.98 Å². The largest absolute Gasteiger partial charge is 0.446 e. The molecule has 1 heterocycles. The molecular weight excluding hydrogens is 150 g/mol. The summed E-state index contributed by atoms with van der Waals surface area (Å²) in [4.78, 5) is 4.40. The zero-order chi connectivity index (χ0) is 8.97. The number of hydrogen-bond donors (Lipinski definition) is 0. The molecule has 0 spiro atoms. The maximum absolute atomic E-state index is 5.45. The summed E-state index contributed by atoms with van der Waals surface area (Å²) in [5.74, 6) is 1.87. The molecule has 0 saturated heterocycles. The Bertz CT molecular complexity index is 240. The van der Waals surface area contributed by atoms with Crippen molar-refractivity contribution in [3.8, 4) is 0 Å². The number of hydrogen-bond acceptors (Lipinski definition) is 2. The number of rotatable bonds is 4. The van der Waals surface area contributed by atoms with Gasteiger partial charge in [0.05, 0.1) is 5.69 Å². The van der Waals surface area contributed by atoms with E-state index in [1.807, 2.05) is 6.92 Å². The lowest BCUT2D eigenvalue weighted by molar-refractivity contribution is 0.475. The van der Waals surface area contributed by atoms with Gasteiger partial charge >= 0.3 is 0 Å². The summed E-state index contributed by atoms with van der Waals surface area (Å²) in [6, 6.07) is 0. The maximum Gasteiger partial charge on any atom is 0.194 e. The Morgan fingerprint density at radius 1 is 1.33 bits per heavy atom. The highest BCUT2D eigenvalue weighted by Gasteiger charge is 2.06. The van der Waals surface area contributed by atoms with E-state index in [9.17, 15) is 0 Å². The zero-order valence-electron chi connectivity index (χ0n) is 8.18. The minimum Gasteiger partial charge on any atom is -0.446 e. The van der Waals surface area contributed by atoms with Gasteiger partial charge in [-0.1, -0.05) is 20.3 Å². The third kappa shape index (κ3) is 2.10. The quantitative estimate of drug-likeness (QED) is 0.689. The minimum atomic E-state index is 0.874. The molecule has 68 valence electrons. The van der Waals surface area contributed by atoms with Gasteiger partial charge in [-0.05, 0) is 19.8 Å². The van der Waals surface area contributed by atoms with E-state index >= 15 is 0 Å². The van der Waals surface area contributed by atoms with E-state index in [2.05, 4.69) is 18.8 Å². The highest BCUT2D eigenvalue weighted by molar-refractivity contribution is 5.08. The van der Waals surface area contributed by atoms with Crippen LogP contribution in [0.5, 0.6) is 0 Å². The summed E-state index contributed by atoms with van der Waals surface area (Å²) in [6.45, 7) is 6.25. The minimum absolute atomic E-state index is 0.874. The van der Waals surface area contributed by atoms with E-state index in [0.29, 0.717) is 0 Å². The zero-order valence-corrected chi connectivity index (χ0v) is 8.18. The van der Waals surface area contributed by atoms with Gasteiger partial charge in [0, 0.05) is 6.42 Å². The summed E-state index contributed by atoms with van der Waals surface area (Å²) < 4.78 is 5.45. The molecule has 0 fully saturated rings. The van der Waals surface area contributed by atoms with Crippen LogP contribution in [0.2, 0.25) is 0 Å². The van der Waals surface area contributed by atoms with Crippen molar-refractivity contribution in [3.63, 3.8) is 0 Å². The van der Waals surface area contributed by atoms with Crippen LogP contribution in [0.1, 0.15) is 44.0 Å². The van der Waals surface area contributed by atoms with Gasteiger partial charge in [-0.15, -0.1) is 0 Å². The second kappa shape index (κ2) is 4.29. The van der Waals surface area contributed by atoms with E-state index in [-0.39, 0.29) is 0 Å². The fourth-order valence-corrected chi connectivity index (χ4v) is 1.22. The van der Waals surface area contributed by atoms with Gasteiger partial charge in [-0.25, -0.2) is 4.98 Å². The molecule has 0 N–H and O–H groups in total. The summed E-state index contributed by atoms with van der Waals surface area (Å²) in [5, 5.41) is 0. The van der Waals surface area contributed by atoms with Crippen molar-refractivity contribution in [2.24, 2.45) is 0 Å². The first kappa shape index (κ1) is 9.30. The van der Waals surface area contributed by atoms with Crippen LogP contribution in [0.15, 0.2) is 4.42 Å². The van der Waals surface area contributed by atoms with Gasteiger partial charge < -0.3 is 4.42 Å².